The fourth-order valence-corrected chi connectivity index (χ4v) is 2.49. The molecule has 1 fully saturated rings. The van der Waals surface area contributed by atoms with Crippen molar-refractivity contribution in [2.75, 3.05) is 11.5 Å². The summed E-state index contributed by atoms with van der Waals surface area (Å²) in [6.45, 7) is 2.14. The first-order chi connectivity index (χ1) is 7.16. The van der Waals surface area contributed by atoms with Crippen molar-refractivity contribution in [1.29, 1.82) is 0 Å². The average molecular weight is 234 g/mol. The Hall–Kier alpha value is -0.260. The molecule has 2 N–H and O–H groups in total. The van der Waals surface area contributed by atoms with E-state index < -0.39 is 24.3 Å². The van der Waals surface area contributed by atoms with Gasteiger partial charge in [-0.3, -0.25) is 0 Å². The first-order valence-electron chi connectivity index (χ1n) is 5.31. The lowest BCUT2D eigenvalue weighted by Gasteiger charge is -2.12. The van der Waals surface area contributed by atoms with E-state index in [-0.39, 0.29) is 0 Å². The fourth-order valence-electron chi connectivity index (χ4n) is 1.42. The molecule has 15 heavy (non-hydrogen) atoms. The lowest BCUT2D eigenvalue weighted by atomic mass is 10.2. The number of aliphatic hydroxyl groups excluding tert-OH is 2. The van der Waals surface area contributed by atoms with Crippen molar-refractivity contribution >= 4 is 17.7 Å². The van der Waals surface area contributed by atoms with Crippen molar-refractivity contribution < 1.29 is 19.7 Å². The number of hydrogen-bond donors (Lipinski definition) is 2. The van der Waals surface area contributed by atoms with Gasteiger partial charge >= 0.3 is 5.97 Å². The normalized spacial score (nSPS) is 30.6. The van der Waals surface area contributed by atoms with Crippen LogP contribution >= 0.6 is 11.8 Å². The summed E-state index contributed by atoms with van der Waals surface area (Å²) < 4.78 is 4.83. The van der Waals surface area contributed by atoms with Gasteiger partial charge in [0.25, 0.3) is 0 Å². The molecule has 0 bridgehead atoms. The molecule has 0 aromatic carbocycles. The van der Waals surface area contributed by atoms with Gasteiger partial charge in [-0.05, 0) is 12.2 Å². The molecule has 1 aliphatic rings. The predicted molar refractivity (Wildman–Crippen MR) is 58.7 cm³/mol. The zero-order valence-electron chi connectivity index (χ0n) is 8.89. The summed E-state index contributed by atoms with van der Waals surface area (Å²) in [4.78, 5) is 10.9. The lowest BCUT2D eigenvalue weighted by Crippen LogP contribution is -2.32. The third-order valence-corrected chi connectivity index (χ3v) is 3.53. The summed E-state index contributed by atoms with van der Waals surface area (Å²) in [5.41, 5.74) is 0. The highest BCUT2D eigenvalue weighted by Gasteiger charge is 2.42. The second-order valence-corrected chi connectivity index (χ2v) is 4.84. The molecule has 0 radical (unpaired) electrons. The second kappa shape index (κ2) is 6.35. The molecule has 0 saturated carbocycles. The Morgan fingerprint density at radius 1 is 1.40 bits per heavy atom. The van der Waals surface area contributed by atoms with Crippen LogP contribution in [0.4, 0.5) is 0 Å². The van der Waals surface area contributed by atoms with Crippen LogP contribution in [0.25, 0.3) is 0 Å². The van der Waals surface area contributed by atoms with Crippen LogP contribution in [0.5, 0.6) is 0 Å². The Balaban J connectivity index is 2.14. The second-order valence-electron chi connectivity index (χ2n) is 3.69. The van der Waals surface area contributed by atoms with Crippen molar-refractivity contribution in [1.82, 2.24) is 0 Å². The minimum Gasteiger partial charge on any atom is -0.457 e. The molecular weight excluding hydrogens is 216 g/mol. The molecule has 0 aromatic rings. The van der Waals surface area contributed by atoms with Crippen LogP contribution in [0.3, 0.4) is 0 Å². The van der Waals surface area contributed by atoms with Crippen molar-refractivity contribution in [3.8, 4) is 0 Å². The van der Waals surface area contributed by atoms with Crippen LogP contribution in [0, 0.1) is 0 Å². The average Bonchev–Trinajstić information content (AvgIpc) is 2.46. The van der Waals surface area contributed by atoms with Crippen LogP contribution < -0.4 is 0 Å². The molecule has 0 amide bonds. The third kappa shape index (κ3) is 3.66. The van der Waals surface area contributed by atoms with Crippen LogP contribution in [0.1, 0.15) is 26.2 Å². The van der Waals surface area contributed by atoms with Crippen molar-refractivity contribution in [3.63, 3.8) is 0 Å². The van der Waals surface area contributed by atoms with Gasteiger partial charge in [-0.1, -0.05) is 19.8 Å². The number of cyclic esters (lactones) is 1. The van der Waals surface area contributed by atoms with Gasteiger partial charge in [0.1, 0.15) is 12.2 Å². The highest BCUT2D eigenvalue weighted by molar-refractivity contribution is 7.99. The topological polar surface area (TPSA) is 66.8 Å². The number of thioether (sulfide) groups is 1. The minimum atomic E-state index is -1.36. The van der Waals surface area contributed by atoms with E-state index >= 15 is 0 Å². The summed E-state index contributed by atoms with van der Waals surface area (Å²) in [6, 6.07) is 0. The summed E-state index contributed by atoms with van der Waals surface area (Å²) in [6.07, 6.45) is 0.560. The quantitative estimate of drug-likeness (QED) is 0.519. The minimum absolute atomic E-state index is 0.542. The maximum Gasteiger partial charge on any atom is 0.338 e. The molecule has 0 spiro atoms. The molecule has 4 nitrogen and oxygen atoms in total. The SMILES string of the molecule is CCCCCSC[C@H]1OC(=O)[C@@H](O)[C@@H]1O. The Bertz CT molecular complexity index is 210. The van der Waals surface area contributed by atoms with Crippen molar-refractivity contribution in [2.24, 2.45) is 0 Å². The Kier molecular flexibility index (Phi) is 5.42. The molecule has 1 heterocycles. The Morgan fingerprint density at radius 3 is 2.67 bits per heavy atom. The summed E-state index contributed by atoms with van der Waals surface area (Å²) in [5, 5.41) is 18.6. The number of esters is 1. The third-order valence-electron chi connectivity index (χ3n) is 2.39. The largest absolute Gasteiger partial charge is 0.457 e. The number of carbonyl (C=O) groups is 1. The van der Waals surface area contributed by atoms with Crippen LogP contribution in [-0.2, 0) is 9.53 Å². The molecule has 0 aliphatic carbocycles. The number of hydrogen-bond acceptors (Lipinski definition) is 5. The van der Waals surface area contributed by atoms with E-state index in [1.807, 2.05) is 0 Å². The number of rotatable bonds is 6. The summed E-state index contributed by atoms with van der Waals surface area (Å²) in [7, 11) is 0. The highest BCUT2D eigenvalue weighted by Crippen LogP contribution is 2.20. The molecule has 3 atom stereocenters. The van der Waals surface area contributed by atoms with E-state index in [1.165, 1.54) is 12.8 Å². The van der Waals surface area contributed by atoms with Gasteiger partial charge in [0.2, 0.25) is 0 Å². The highest BCUT2D eigenvalue weighted by atomic mass is 32.2. The van der Waals surface area contributed by atoms with Crippen LogP contribution in [-0.4, -0.2) is 46.0 Å². The van der Waals surface area contributed by atoms with Gasteiger partial charge in [-0.2, -0.15) is 11.8 Å². The molecular formula is C10H18O4S. The number of unbranched alkanes of at least 4 members (excludes halogenated alkanes) is 2. The first kappa shape index (κ1) is 12.8. The molecule has 5 heteroatoms. The Morgan fingerprint density at radius 2 is 2.13 bits per heavy atom. The fraction of sp³-hybridized carbons (Fsp3) is 0.900. The Labute approximate surface area is 94.0 Å². The standard InChI is InChI=1S/C10H18O4S/c1-2-3-4-5-15-6-7-8(11)9(12)10(13)14-7/h7-9,11-12H,2-6H2,1H3/t7-,8-,9+/m1/s1. The monoisotopic (exact) mass is 234 g/mol. The number of ether oxygens (including phenoxy) is 1. The van der Waals surface area contributed by atoms with E-state index in [9.17, 15) is 9.90 Å². The van der Waals surface area contributed by atoms with Crippen molar-refractivity contribution in [2.45, 2.75) is 44.5 Å². The van der Waals surface area contributed by atoms with Crippen molar-refractivity contribution in [3.05, 3.63) is 0 Å². The molecule has 1 aliphatic heterocycles. The number of carbonyl (C=O) groups excluding carboxylic acids is 1. The van der Waals surface area contributed by atoms with Gasteiger partial charge in [-0.15, -0.1) is 0 Å². The van der Waals surface area contributed by atoms with Gasteiger partial charge < -0.3 is 14.9 Å². The van der Waals surface area contributed by atoms with E-state index in [1.54, 1.807) is 11.8 Å². The van der Waals surface area contributed by atoms with E-state index in [0.717, 1.165) is 12.2 Å². The maximum atomic E-state index is 10.9. The first-order valence-corrected chi connectivity index (χ1v) is 6.46. The maximum absolute atomic E-state index is 10.9. The van der Waals surface area contributed by atoms with E-state index in [0.29, 0.717) is 5.75 Å². The van der Waals surface area contributed by atoms with E-state index in [2.05, 4.69) is 6.92 Å². The summed E-state index contributed by atoms with van der Waals surface area (Å²) in [5.74, 6) is 0.861. The molecule has 1 saturated heterocycles. The zero-order chi connectivity index (χ0) is 11.3. The summed E-state index contributed by atoms with van der Waals surface area (Å²) >= 11 is 1.65. The van der Waals surface area contributed by atoms with Crippen LogP contribution in [0.15, 0.2) is 0 Å². The lowest BCUT2D eigenvalue weighted by molar-refractivity contribution is -0.146. The smallest absolute Gasteiger partial charge is 0.338 e. The molecule has 0 aromatic heterocycles. The van der Waals surface area contributed by atoms with Gasteiger partial charge in [-0.25, -0.2) is 4.79 Å². The predicted octanol–water partition coefficient (Wildman–Crippen LogP) is 0.557. The zero-order valence-corrected chi connectivity index (χ0v) is 9.70. The number of aliphatic hydroxyl groups is 2. The van der Waals surface area contributed by atoms with Gasteiger partial charge in [0, 0.05) is 5.75 Å². The molecule has 88 valence electrons. The van der Waals surface area contributed by atoms with Crippen LogP contribution in [0.2, 0.25) is 0 Å². The van der Waals surface area contributed by atoms with Gasteiger partial charge in [0.05, 0.1) is 0 Å². The molecule has 1 rings (SSSR count). The van der Waals surface area contributed by atoms with E-state index in [4.69, 9.17) is 9.84 Å². The molecule has 0 unspecified atom stereocenters. The van der Waals surface area contributed by atoms with Gasteiger partial charge in [0.15, 0.2) is 6.10 Å².